The van der Waals surface area contributed by atoms with Gasteiger partial charge in [-0.25, -0.2) is 0 Å². The number of halogens is 20. The standard InChI is InChI=1S/C21H24F20/c1-3-5-7-8-9-11-13(24,25)15(28,29)17(32,33)19(36,37)21(40,41)20(38,39)18(34,35)16(30,31)14(26,27)12(22,23)10-6-4-2/h3-11H2,1-2H3. The van der Waals surface area contributed by atoms with E-state index in [1.54, 1.807) is 6.92 Å². The average Bonchev–Trinajstić information content (AvgIpc) is 2.81. The summed E-state index contributed by atoms with van der Waals surface area (Å²) in [6.45, 7) is 2.49. The highest BCUT2D eigenvalue weighted by Crippen LogP contribution is 2.66. The Hall–Kier alpha value is -1.40. The third kappa shape index (κ3) is 6.03. The lowest BCUT2D eigenvalue weighted by Crippen LogP contribution is -2.77. The van der Waals surface area contributed by atoms with Crippen molar-refractivity contribution in [3.63, 3.8) is 0 Å². The van der Waals surface area contributed by atoms with Gasteiger partial charge in [0.15, 0.2) is 0 Å². The first-order chi connectivity index (χ1) is 17.9. The van der Waals surface area contributed by atoms with E-state index < -0.39 is 97.8 Å². The van der Waals surface area contributed by atoms with Crippen LogP contribution < -0.4 is 0 Å². The molecule has 0 aliphatic heterocycles. The maximum Gasteiger partial charge on any atom is 0.385 e. The lowest BCUT2D eigenvalue weighted by atomic mass is 9.84. The van der Waals surface area contributed by atoms with Gasteiger partial charge in [-0.15, -0.1) is 0 Å². The number of hydrogen-bond donors (Lipinski definition) is 0. The number of alkyl halides is 20. The maximum atomic E-state index is 13.9. The smallest absolute Gasteiger partial charge is 0.200 e. The van der Waals surface area contributed by atoms with E-state index in [4.69, 9.17) is 0 Å². The molecular weight excluding hydrogens is 632 g/mol. The van der Waals surface area contributed by atoms with Crippen molar-refractivity contribution in [3.8, 4) is 0 Å². The van der Waals surface area contributed by atoms with Crippen LogP contribution >= 0.6 is 0 Å². The van der Waals surface area contributed by atoms with Crippen LogP contribution in [0.1, 0.15) is 71.6 Å². The van der Waals surface area contributed by atoms with Crippen molar-refractivity contribution in [1.29, 1.82) is 0 Å². The summed E-state index contributed by atoms with van der Waals surface area (Å²) < 4.78 is 276. The summed E-state index contributed by atoms with van der Waals surface area (Å²) in [5.74, 6) is -80.8. The van der Waals surface area contributed by atoms with Crippen molar-refractivity contribution in [2.75, 3.05) is 0 Å². The van der Waals surface area contributed by atoms with Crippen LogP contribution in [0.3, 0.4) is 0 Å². The van der Waals surface area contributed by atoms with E-state index >= 15 is 0 Å². The van der Waals surface area contributed by atoms with E-state index in [1.165, 1.54) is 0 Å². The van der Waals surface area contributed by atoms with Gasteiger partial charge in [0.05, 0.1) is 0 Å². The molecule has 0 aromatic heterocycles. The fourth-order valence-corrected chi connectivity index (χ4v) is 3.31. The molecule has 20 heteroatoms. The Morgan fingerprint density at radius 3 is 0.756 bits per heavy atom. The van der Waals surface area contributed by atoms with Crippen LogP contribution in [0.2, 0.25) is 0 Å². The van der Waals surface area contributed by atoms with Crippen LogP contribution in [-0.4, -0.2) is 59.2 Å². The number of unbranched alkanes of at least 4 members (excludes halogenated alkanes) is 5. The Balaban J connectivity index is 6.75. The Labute approximate surface area is 219 Å². The number of rotatable bonds is 18. The van der Waals surface area contributed by atoms with E-state index in [-0.39, 0.29) is 12.8 Å². The normalized spacial score (nSPS) is 16.0. The van der Waals surface area contributed by atoms with Gasteiger partial charge in [0.25, 0.3) is 0 Å². The van der Waals surface area contributed by atoms with Gasteiger partial charge in [-0.1, -0.05) is 46.0 Å². The minimum Gasteiger partial charge on any atom is -0.200 e. The molecule has 248 valence electrons. The topological polar surface area (TPSA) is 0 Å². The molecule has 0 aromatic carbocycles. The SMILES string of the molecule is CCCCCCCC(F)(F)C(F)(F)C(F)(F)C(F)(F)C(F)(F)C(F)(F)C(F)(F)C(F)(F)C(F)(F)C(F)(F)CCCC. The minimum absolute atomic E-state index is 0.0135. The molecule has 0 heterocycles. The molecule has 0 saturated carbocycles. The molecule has 0 spiro atoms. The fourth-order valence-electron chi connectivity index (χ4n) is 3.31. The first-order valence-electron chi connectivity index (χ1n) is 11.7. The van der Waals surface area contributed by atoms with Crippen molar-refractivity contribution in [2.45, 2.75) is 131 Å². The van der Waals surface area contributed by atoms with E-state index in [2.05, 4.69) is 0 Å². The Kier molecular flexibility index (Phi) is 11.5. The van der Waals surface area contributed by atoms with Crippen molar-refractivity contribution in [2.24, 2.45) is 0 Å². The van der Waals surface area contributed by atoms with Gasteiger partial charge in [-0.2, -0.15) is 87.8 Å². The summed E-state index contributed by atoms with van der Waals surface area (Å²) in [6.07, 6.45) is -7.67. The highest BCUT2D eigenvalue weighted by molar-refractivity contribution is 5.18. The molecule has 0 fully saturated rings. The van der Waals surface area contributed by atoms with Crippen LogP contribution in [-0.2, 0) is 0 Å². The number of hydrogen-bond acceptors (Lipinski definition) is 0. The first kappa shape index (κ1) is 39.6. The summed E-state index contributed by atoms with van der Waals surface area (Å²) >= 11 is 0. The summed E-state index contributed by atoms with van der Waals surface area (Å²) in [7, 11) is 0. The molecule has 0 unspecified atom stereocenters. The zero-order valence-electron chi connectivity index (χ0n) is 20.9. The molecule has 41 heavy (non-hydrogen) atoms. The van der Waals surface area contributed by atoms with Gasteiger partial charge in [-0.3, -0.25) is 0 Å². The third-order valence-corrected chi connectivity index (χ3v) is 6.12. The molecule has 0 amide bonds. The molecule has 0 nitrogen and oxygen atoms in total. The maximum absolute atomic E-state index is 13.9. The van der Waals surface area contributed by atoms with Gasteiger partial charge in [-0.05, 0) is 12.8 Å². The van der Waals surface area contributed by atoms with Crippen LogP contribution in [0, 0.1) is 0 Å². The first-order valence-corrected chi connectivity index (χ1v) is 11.7. The predicted molar refractivity (Wildman–Crippen MR) is 102 cm³/mol. The lowest BCUT2D eigenvalue weighted by molar-refractivity contribution is -0.469. The molecule has 0 bridgehead atoms. The molecule has 0 atom stereocenters. The van der Waals surface area contributed by atoms with Crippen molar-refractivity contribution in [1.82, 2.24) is 0 Å². The van der Waals surface area contributed by atoms with Crippen LogP contribution in [0.25, 0.3) is 0 Å². The van der Waals surface area contributed by atoms with Crippen LogP contribution in [0.15, 0.2) is 0 Å². The zero-order valence-corrected chi connectivity index (χ0v) is 20.9. The van der Waals surface area contributed by atoms with Gasteiger partial charge < -0.3 is 0 Å². The second-order valence-corrected chi connectivity index (χ2v) is 9.27. The molecule has 0 radical (unpaired) electrons. The highest BCUT2D eigenvalue weighted by atomic mass is 19.4. The second kappa shape index (κ2) is 11.9. The Morgan fingerprint density at radius 1 is 0.268 bits per heavy atom. The molecule has 0 saturated heterocycles. The Morgan fingerprint density at radius 2 is 0.488 bits per heavy atom. The fraction of sp³-hybridized carbons (Fsp3) is 1.00. The van der Waals surface area contributed by atoms with E-state index in [1.807, 2.05) is 0 Å². The molecule has 0 rings (SSSR count). The largest absolute Gasteiger partial charge is 0.385 e. The summed E-state index contributed by atoms with van der Waals surface area (Å²) in [6, 6.07) is 0. The molecular formula is C21H24F20. The molecule has 0 aromatic rings. The van der Waals surface area contributed by atoms with Gasteiger partial charge in [0, 0.05) is 12.8 Å². The van der Waals surface area contributed by atoms with Crippen LogP contribution in [0.5, 0.6) is 0 Å². The monoisotopic (exact) mass is 656 g/mol. The molecule has 0 aliphatic rings. The average molecular weight is 656 g/mol. The van der Waals surface area contributed by atoms with E-state index in [0.29, 0.717) is 6.42 Å². The molecule has 0 aliphatic carbocycles. The quantitative estimate of drug-likeness (QED) is 0.102. The van der Waals surface area contributed by atoms with E-state index in [0.717, 1.165) is 6.92 Å². The Bertz CT molecular complexity index is 844. The van der Waals surface area contributed by atoms with Crippen molar-refractivity contribution in [3.05, 3.63) is 0 Å². The summed E-state index contributed by atoms with van der Waals surface area (Å²) in [5, 5.41) is 0. The third-order valence-electron chi connectivity index (χ3n) is 6.12. The van der Waals surface area contributed by atoms with Gasteiger partial charge in [0.2, 0.25) is 0 Å². The highest BCUT2D eigenvalue weighted by Gasteiger charge is 2.97. The second-order valence-electron chi connectivity index (χ2n) is 9.27. The predicted octanol–water partition coefficient (Wildman–Crippen LogP) is 10.9. The molecule has 0 N–H and O–H groups in total. The summed E-state index contributed by atoms with van der Waals surface area (Å²) in [4.78, 5) is 0. The van der Waals surface area contributed by atoms with Gasteiger partial charge >= 0.3 is 59.2 Å². The van der Waals surface area contributed by atoms with Crippen molar-refractivity contribution < 1.29 is 87.8 Å². The summed E-state index contributed by atoms with van der Waals surface area (Å²) in [5.41, 5.74) is 0. The lowest BCUT2D eigenvalue weighted by Gasteiger charge is -2.45. The van der Waals surface area contributed by atoms with Crippen molar-refractivity contribution >= 4 is 0 Å². The van der Waals surface area contributed by atoms with Gasteiger partial charge in [0.1, 0.15) is 0 Å². The van der Waals surface area contributed by atoms with E-state index in [9.17, 15) is 87.8 Å². The minimum atomic E-state index is -8.97. The zero-order chi connectivity index (χ0) is 33.4. The van der Waals surface area contributed by atoms with Crippen LogP contribution in [0.4, 0.5) is 87.8 Å².